The van der Waals surface area contributed by atoms with Crippen LogP contribution in [0, 0.1) is 21.4 Å². The molecule has 0 aromatic heterocycles. The monoisotopic (exact) mass is 340 g/mol. The number of nitro benzene ring substituents is 1. The molecule has 126 valence electrons. The Morgan fingerprint density at radius 1 is 1.28 bits per heavy atom. The number of hydrogen-bond acceptors (Lipinski definition) is 6. The van der Waals surface area contributed by atoms with Crippen molar-refractivity contribution >= 4 is 17.5 Å². The molecule has 2 aromatic rings. The highest BCUT2D eigenvalue weighted by Gasteiger charge is 2.13. The van der Waals surface area contributed by atoms with Gasteiger partial charge in [0.1, 0.15) is 23.1 Å². The van der Waals surface area contributed by atoms with Crippen molar-refractivity contribution in [1.29, 1.82) is 5.26 Å². The Morgan fingerprint density at radius 2 is 2.04 bits per heavy atom. The molecular weight excluding hydrogens is 328 g/mol. The fraction of sp³-hybridized carbons (Fsp3) is 0.0625. The van der Waals surface area contributed by atoms with Gasteiger partial charge in [-0.25, -0.2) is 0 Å². The number of carbonyl (C=O) groups excluding carboxylic acids is 2. The molecule has 2 amide bonds. The third-order valence-corrected chi connectivity index (χ3v) is 3.04. The van der Waals surface area contributed by atoms with E-state index in [1.807, 2.05) is 6.07 Å². The summed E-state index contributed by atoms with van der Waals surface area (Å²) in [4.78, 5) is 32.7. The van der Waals surface area contributed by atoms with Gasteiger partial charge >= 0.3 is 0 Å². The molecule has 0 heterocycles. The van der Waals surface area contributed by atoms with Gasteiger partial charge in [-0.05, 0) is 24.3 Å². The van der Waals surface area contributed by atoms with Crippen molar-refractivity contribution in [2.75, 3.05) is 6.54 Å². The zero-order valence-electron chi connectivity index (χ0n) is 12.8. The van der Waals surface area contributed by atoms with Crippen LogP contribution in [0.5, 0.6) is 11.5 Å². The number of carbonyl (C=O) groups is 2. The van der Waals surface area contributed by atoms with Gasteiger partial charge in [-0.2, -0.15) is 5.26 Å². The fourth-order valence-electron chi connectivity index (χ4n) is 1.91. The number of rotatable bonds is 6. The molecule has 2 aromatic carbocycles. The lowest BCUT2D eigenvalue weighted by Gasteiger charge is -2.09. The van der Waals surface area contributed by atoms with Crippen molar-refractivity contribution in [3.8, 4) is 17.6 Å². The van der Waals surface area contributed by atoms with Gasteiger partial charge in [0.25, 0.3) is 11.6 Å². The third-order valence-electron chi connectivity index (χ3n) is 3.04. The summed E-state index contributed by atoms with van der Waals surface area (Å²) < 4.78 is 5.53. The number of hydrogen-bond donors (Lipinski definition) is 2. The van der Waals surface area contributed by atoms with Gasteiger partial charge < -0.3 is 15.8 Å². The molecule has 0 aliphatic heterocycles. The van der Waals surface area contributed by atoms with Crippen LogP contribution >= 0.6 is 0 Å². The van der Waals surface area contributed by atoms with E-state index < -0.39 is 16.7 Å². The molecule has 3 N–H and O–H groups in total. The topological polar surface area (TPSA) is 148 Å². The molecule has 0 saturated heterocycles. The first-order valence-electron chi connectivity index (χ1n) is 6.93. The summed E-state index contributed by atoms with van der Waals surface area (Å²) in [5, 5.41) is 22.2. The molecule has 9 nitrogen and oxygen atoms in total. The van der Waals surface area contributed by atoms with E-state index in [1.54, 1.807) is 12.1 Å². The van der Waals surface area contributed by atoms with Crippen LogP contribution in [-0.4, -0.2) is 23.3 Å². The van der Waals surface area contributed by atoms with Crippen LogP contribution in [0.3, 0.4) is 0 Å². The number of nitriles is 1. The molecule has 0 aliphatic carbocycles. The lowest BCUT2D eigenvalue weighted by atomic mass is 10.2. The number of amides is 2. The van der Waals surface area contributed by atoms with Crippen LogP contribution in [0.15, 0.2) is 42.5 Å². The first-order chi connectivity index (χ1) is 11.9. The Morgan fingerprint density at radius 3 is 2.68 bits per heavy atom. The van der Waals surface area contributed by atoms with Crippen LogP contribution < -0.4 is 15.8 Å². The maximum atomic E-state index is 11.9. The highest BCUT2D eigenvalue weighted by atomic mass is 16.6. The Labute approximate surface area is 141 Å². The summed E-state index contributed by atoms with van der Waals surface area (Å²) in [7, 11) is 0. The van der Waals surface area contributed by atoms with Gasteiger partial charge in [0.2, 0.25) is 5.91 Å². The molecule has 2 rings (SSSR count). The van der Waals surface area contributed by atoms with Crippen LogP contribution in [0.25, 0.3) is 0 Å². The van der Waals surface area contributed by atoms with Crippen LogP contribution in [0.2, 0.25) is 0 Å². The highest BCUT2D eigenvalue weighted by molar-refractivity contribution is 5.96. The minimum atomic E-state index is -0.676. The Hall–Kier alpha value is -3.93. The molecule has 0 saturated carbocycles. The SMILES string of the molecule is N#Cc1cc([N+](=O)[O-])ccc1Oc1cccc(C(=O)NCC(N)=O)c1. The first kappa shape index (κ1) is 17.4. The fourth-order valence-corrected chi connectivity index (χ4v) is 1.91. The summed E-state index contributed by atoms with van der Waals surface area (Å²) in [6.45, 7) is -0.301. The quantitative estimate of drug-likeness (QED) is 0.601. The van der Waals surface area contributed by atoms with Gasteiger partial charge in [0.15, 0.2) is 0 Å². The second kappa shape index (κ2) is 7.56. The number of nitrogens with one attached hydrogen (secondary N) is 1. The van der Waals surface area contributed by atoms with E-state index in [-0.39, 0.29) is 34.9 Å². The van der Waals surface area contributed by atoms with Gasteiger partial charge in [0, 0.05) is 17.7 Å². The van der Waals surface area contributed by atoms with Crippen LogP contribution in [-0.2, 0) is 4.79 Å². The first-order valence-corrected chi connectivity index (χ1v) is 6.93. The van der Waals surface area contributed by atoms with E-state index >= 15 is 0 Å². The number of primary amides is 1. The third kappa shape index (κ3) is 4.52. The van der Waals surface area contributed by atoms with Crippen molar-refractivity contribution in [3.63, 3.8) is 0 Å². The van der Waals surface area contributed by atoms with E-state index in [2.05, 4.69) is 5.32 Å². The Bertz CT molecular complexity index is 888. The summed E-state index contributed by atoms with van der Waals surface area (Å²) in [6.07, 6.45) is 0. The van der Waals surface area contributed by atoms with Crippen molar-refractivity contribution < 1.29 is 19.2 Å². The predicted molar refractivity (Wildman–Crippen MR) is 85.9 cm³/mol. The number of nitrogens with zero attached hydrogens (tertiary/aromatic N) is 2. The number of nitrogens with two attached hydrogens (primary N) is 1. The molecular formula is C16H12N4O5. The van der Waals surface area contributed by atoms with Crippen LogP contribution in [0.1, 0.15) is 15.9 Å². The van der Waals surface area contributed by atoms with E-state index in [0.29, 0.717) is 0 Å². The molecule has 0 unspecified atom stereocenters. The van der Waals surface area contributed by atoms with Crippen LogP contribution in [0.4, 0.5) is 5.69 Å². The maximum absolute atomic E-state index is 11.9. The smallest absolute Gasteiger partial charge is 0.271 e. The maximum Gasteiger partial charge on any atom is 0.271 e. The average Bonchev–Trinajstić information content (AvgIpc) is 2.60. The van der Waals surface area contributed by atoms with Crippen molar-refractivity contribution in [2.45, 2.75) is 0 Å². The van der Waals surface area contributed by atoms with Crippen molar-refractivity contribution in [2.24, 2.45) is 5.73 Å². The molecule has 0 atom stereocenters. The van der Waals surface area contributed by atoms with Gasteiger partial charge in [-0.1, -0.05) is 6.07 Å². The highest BCUT2D eigenvalue weighted by Crippen LogP contribution is 2.28. The second-order valence-electron chi connectivity index (χ2n) is 4.83. The minimum Gasteiger partial charge on any atom is -0.456 e. The van der Waals surface area contributed by atoms with Gasteiger partial charge in [-0.15, -0.1) is 0 Å². The summed E-state index contributed by atoms with van der Waals surface area (Å²) in [6, 6.07) is 11.4. The van der Waals surface area contributed by atoms with E-state index in [0.717, 1.165) is 6.07 Å². The molecule has 0 aliphatic rings. The summed E-state index contributed by atoms with van der Waals surface area (Å²) in [5.74, 6) is -0.835. The molecule has 0 spiro atoms. The predicted octanol–water partition coefficient (Wildman–Crippen LogP) is 1.47. The molecule has 0 radical (unpaired) electrons. The molecule has 0 bridgehead atoms. The van der Waals surface area contributed by atoms with E-state index in [1.165, 1.54) is 24.3 Å². The average molecular weight is 340 g/mol. The zero-order chi connectivity index (χ0) is 18.4. The number of nitro groups is 1. The summed E-state index contributed by atoms with van der Waals surface area (Å²) in [5.41, 5.74) is 4.93. The largest absolute Gasteiger partial charge is 0.456 e. The molecule has 9 heteroatoms. The van der Waals surface area contributed by atoms with E-state index in [4.69, 9.17) is 15.7 Å². The van der Waals surface area contributed by atoms with E-state index in [9.17, 15) is 19.7 Å². The number of non-ortho nitro benzene ring substituents is 1. The second-order valence-corrected chi connectivity index (χ2v) is 4.83. The van der Waals surface area contributed by atoms with Gasteiger partial charge in [-0.3, -0.25) is 19.7 Å². The molecule has 25 heavy (non-hydrogen) atoms. The standard InChI is InChI=1S/C16H12N4O5/c17-8-11-6-12(20(23)24)4-5-14(11)25-13-3-1-2-10(7-13)16(22)19-9-15(18)21/h1-7H,9H2,(H2,18,21)(H,19,22). The molecule has 0 fully saturated rings. The zero-order valence-corrected chi connectivity index (χ0v) is 12.8. The number of benzene rings is 2. The lowest BCUT2D eigenvalue weighted by molar-refractivity contribution is -0.384. The number of ether oxygens (including phenoxy) is 1. The van der Waals surface area contributed by atoms with Crippen molar-refractivity contribution in [3.05, 3.63) is 63.7 Å². The Balaban J connectivity index is 2.22. The summed E-state index contributed by atoms with van der Waals surface area (Å²) >= 11 is 0. The normalized spacial score (nSPS) is 9.72. The lowest BCUT2D eigenvalue weighted by Crippen LogP contribution is -2.33. The minimum absolute atomic E-state index is 0.0159. The van der Waals surface area contributed by atoms with Gasteiger partial charge in [0.05, 0.1) is 11.5 Å². The van der Waals surface area contributed by atoms with Crippen molar-refractivity contribution in [1.82, 2.24) is 5.32 Å². The Kier molecular flexibility index (Phi) is 5.27.